The number of likely N-dealkylation sites (tertiary alicyclic amines) is 1. The molecular formula is C12H24N2O. The lowest BCUT2D eigenvalue weighted by Gasteiger charge is -2.43. The van der Waals surface area contributed by atoms with Crippen LogP contribution in [-0.4, -0.2) is 35.5 Å². The van der Waals surface area contributed by atoms with Crippen LogP contribution in [0, 0.1) is 0 Å². The molecule has 1 fully saturated rings. The van der Waals surface area contributed by atoms with Crippen LogP contribution in [0.3, 0.4) is 0 Å². The zero-order valence-electron chi connectivity index (χ0n) is 10.6. The second kappa shape index (κ2) is 4.52. The van der Waals surface area contributed by atoms with Gasteiger partial charge in [0, 0.05) is 12.1 Å². The monoisotopic (exact) mass is 212 g/mol. The summed E-state index contributed by atoms with van der Waals surface area (Å²) in [6.45, 7) is 8.20. The van der Waals surface area contributed by atoms with E-state index in [4.69, 9.17) is 0 Å². The molecule has 88 valence electrons. The van der Waals surface area contributed by atoms with E-state index in [0.29, 0.717) is 12.1 Å². The van der Waals surface area contributed by atoms with E-state index in [-0.39, 0.29) is 5.91 Å². The first-order valence-corrected chi connectivity index (χ1v) is 5.92. The van der Waals surface area contributed by atoms with Gasteiger partial charge < -0.3 is 10.2 Å². The topological polar surface area (TPSA) is 32.3 Å². The molecule has 0 spiro atoms. The molecule has 1 amide bonds. The van der Waals surface area contributed by atoms with Crippen molar-refractivity contribution in [1.29, 1.82) is 0 Å². The Balaban J connectivity index is 2.80. The van der Waals surface area contributed by atoms with E-state index in [1.54, 1.807) is 0 Å². The van der Waals surface area contributed by atoms with E-state index in [0.717, 1.165) is 12.8 Å². The van der Waals surface area contributed by atoms with Crippen LogP contribution in [0.15, 0.2) is 0 Å². The van der Waals surface area contributed by atoms with Crippen molar-refractivity contribution in [3.05, 3.63) is 0 Å². The van der Waals surface area contributed by atoms with Crippen molar-refractivity contribution in [3.63, 3.8) is 0 Å². The SMILES string of the molecule is CNC(C)(C)C(=O)N1[C@H](C)CCC[C@@H]1C. The van der Waals surface area contributed by atoms with Crippen LogP contribution in [-0.2, 0) is 4.79 Å². The number of nitrogens with zero attached hydrogens (tertiary/aromatic N) is 1. The molecule has 3 nitrogen and oxygen atoms in total. The normalized spacial score (nSPS) is 27.9. The summed E-state index contributed by atoms with van der Waals surface area (Å²) in [5.41, 5.74) is -0.445. The lowest BCUT2D eigenvalue weighted by Crippen LogP contribution is -2.58. The Hall–Kier alpha value is -0.570. The van der Waals surface area contributed by atoms with Gasteiger partial charge in [-0.25, -0.2) is 0 Å². The third kappa shape index (κ3) is 2.51. The molecule has 1 heterocycles. The first-order chi connectivity index (χ1) is 6.90. The fourth-order valence-corrected chi connectivity index (χ4v) is 2.25. The highest BCUT2D eigenvalue weighted by Gasteiger charge is 2.36. The fraction of sp³-hybridized carbons (Fsp3) is 0.917. The Morgan fingerprint density at radius 2 is 1.73 bits per heavy atom. The van der Waals surface area contributed by atoms with Gasteiger partial charge in [-0.3, -0.25) is 4.79 Å². The minimum atomic E-state index is -0.445. The predicted molar refractivity (Wildman–Crippen MR) is 62.8 cm³/mol. The van der Waals surface area contributed by atoms with E-state index in [1.165, 1.54) is 6.42 Å². The van der Waals surface area contributed by atoms with Crippen molar-refractivity contribution < 1.29 is 4.79 Å². The maximum atomic E-state index is 12.3. The summed E-state index contributed by atoms with van der Waals surface area (Å²) in [7, 11) is 1.84. The Morgan fingerprint density at radius 1 is 1.27 bits per heavy atom. The number of carbonyl (C=O) groups excluding carboxylic acids is 1. The molecule has 0 aromatic heterocycles. The number of likely N-dealkylation sites (N-methyl/N-ethyl adjacent to an activating group) is 1. The maximum absolute atomic E-state index is 12.3. The van der Waals surface area contributed by atoms with Crippen molar-refractivity contribution in [2.24, 2.45) is 0 Å². The van der Waals surface area contributed by atoms with Gasteiger partial charge in [-0.15, -0.1) is 0 Å². The third-order valence-corrected chi connectivity index (χ3v) is 3.59. The number of rotatable bonds is 2. The van der Waals surface area contributed by atoms with Crippen molar-refractivity contribution >= 4 is 5.91 Å². The van der Waals surface area contributed by atoms with Crippen molar-refractivity contribution in [2.75, 3.05) is 7.05 Å². The van der Waals surface area contributed by atoms with Gasteiger partial charge in [0.25, 0.3) is 0 Å². The molecule has 3 heteroatoms. The van der Waals surface area contributed by atoms with E-state index in [1.807, 2.05) is 20.9 Å². The molecule has 0 aliphatic carbocycles. The molecule has 0 bridgehead atoms. The number of piperidine rings is 1. The van der Waals surface area contributed by atoms with Gasteiger partial charge >= 0.3 is 0 Å². The van der Waals surface area contributed by atoms with Crippen LogP contribution in [0.2, 0.25) is 0 Å². The Bertz CT molecular complexity index is 228. The van der Waals surface area contributed by atoms with Crippen LogP contribution in [0.25, 0.3) is 0 Å². The quantitative estimate of drug-likeness (QED) is 0.756. The number of hydrogen-bond acceptors (Lipinski definition) is 2. The summed E-state index contributed by atoms with van der Waals surface area (Å²) in [5, 5.41) is 3.09. The first kappa shape index (κ1) is 12.5. The van der Waals surface area contributed by atoms with E-state index >= 15 is 0 Å². The molecular weight excluding hydrogens is 188 g/mol. The largest absolute Gasteiger partial charge is 0.336 e. The van der Waals surface area contributed by atoms with Gasteiger partial charge in [0.2, 0.25) is 5.91 Å². The molecule has 0 radical (unpaired) electrons. The average Bonchev–Trinajstić information content (AvgIpc) is 2.17. The number of nitrogens with one attached hydrogen (secondary N) is 1. The molecule has 1 N–H and O–H groups in total. The smallest absolute Gasteiger partial charge is 0.242 e. The zero-order chi connectivity index (χ0) is 11.6. The molecule has 1 aliphatic rings. The number of amides is 1. The number of hydrogen-bond donors (Lipinski definition) is 1. The van der Waals surface area contributed by atoms with E-state index in [2.05, 4.69) is 24.1 Å². The molecule has 0 saturated carbocycles. The minimum absolute atomic E-state index is 0.227. The Kier molecular flexibility index (Phi) is 3.77. The maximum Gasteiger partial charge on any atom is 0.242 e. The third-order valence-electron chi connectivity index (χ3n) is 3.59. The van der Waals surface area contributed by atoms with Crippen LogP contribution in [0.5, 0.6) is 0 Å². The Morgan fingerprint density at radius 3 is 2.13 bits per heavy atom. The fourth-order valence-electron chi connectivity index (χ4n) is 2.25. The van der Waals surface area contributed by atoms with E-state index in [9.17, 15) is 4.79 Å². The van der Waals surface area contributed by atoms with Crippen LogP contribution < -0.4 is 5.32 Å². The van der Waals surface area contributed by atoms with Crippen molar-refractivity contribution in [2.45, 2.75) is 64.6 Å². The van der Waals surface area contributed by atoms with Gasteiger partial charge in [-0.2, -0.15) is 0 Å². The molecule has 2 atom stereocenters. The van der Waals surface area contributed by atoms with Gasteiger partial charge in [0.15, 0.2) is 0 Å². The summed E-state index contributed by atoms with van der Waals surface area (Å²) in [6.07, 6.45) is 3.51. The summed E-state index contributed by atoms with van der Waals surface area (Å²) >= 11 is 0. The lowest BCUT2D eigenvalue weighted by atomic mass is 9.93. The molecule has 1 aliphatic heterocycles. The predicted octanol–water partition coefficient (Wildman–Crippen LogP) is 1.77. The lowest BCUT2D eigenvalue weighted by molar-refractivity contribution is -0.143. The highest BCUT2D eigenvalue weighted by Crippen LogP contribution is 2.25. The van der Waals surface area contributed by atoms with Crippen LogP contribution in [0.1, 0.15) is 47.0 Å². The second-order valence-electron chi connectivity index (χ2n) is 5.22. The summed E-state index contributed by atoms with van der Waals surface area (Å²) in [5.74, 6) is 0.227. The second-order valence-corrected chi connectivity index (χ2v) is 5.22. The molecule has 0 unspecified atom stereocenters. The Labute approximate surface area is 93.2 Å². The summed E-state index contributed by atoms with van der Waals surface area (Å²) < 4.78 is 0. The van der Waals surface area contributed by atoms with Crippen molar-refractivity contribution in [3.8, 4) is 0 Å². The highest BCUT2D eigenvalue weighted by atomic mass is 16.2. The van der Waals surface area contributed by atoms with Gasteiger partial charge in [-0.05, 0) is 54.0 Å². The van der Waals surface area contributed by atoms with E-state index < -0.39 is 5.54 Å². The molecule has 0 aromatic carbocycles. The first-order valence-electron chi connectivity index (χ1n) is 5.92. The van der Waals surface area contributed by atoms with Crippen LogP contribution >= 0.6 is 0 Å². The standard InChI is InChI=1S/C12H24N2O/c1-9-7-6-8-10(2)14(9)11(15)12(3,4)13-5/h9-10,13H,6-8H2,1-5H3/t9-,10+. The molecule has 1 saturated heterocycles. The van der Waals surface area contributed by atoms with Crippen molar-refractivity contribution in [1.82, 2.24) is 10.2 Å². The molecule has 1 rings (SSSR count). The number of carbonyl (C=O) groups is 1. The average molecular weight is 212 g/mol. The van der Waals surface area contributed by atoms with Gasteiger partial charge in [0.05, 0.1) is 5.54 Å². The molecule has 15 heavy (non-hydrogen) atoms. The molecule has 0 aromatic rings. The summed E-state index contributed by atoms with van der Waals surface area (Å²) in [4.78, 5) is 14.4. The summed E-state index contributed by atoms with van der Waals surface area (Å²) in [6, 6.07) is 0.766. The minimum Gasteiger partial charge on any atom is -0.336 e. The highest BCUT2D eigenvalue weighted by molar-refractivity contribution is 5.86. The van der Waals surface area contributed by atoms with Gasteiger partial charge in [-0.1, -0.05) is 0 Å². The zero-order valence-corrected chi connectivity index (χ0v) is 10.6. The van der Waals surface area contributed by atoms with Gasteiger partial charge in [0.1, 0.15) is 0 Å². The van der Waals surface area contributed by atoms with Crippen LogP contribution in [0.4, 0.5) is 0 Å².